The highest BCUT2D eigenvalue weighted by Crippen LogP contribution is 2.20. The first-order valence-electron chi connectivity index (χ1n) is 6.20. The summed E-state index contributed by atoms with van der Waals surface area (Å²) in [5, 5.41) is 21.0. The molecule has 0 spiro atoms. The average Bonchev–Trinajstić information content (AvgIpc) is 2.98. The minimum Gasteiger partial charge on any atom is -0.354 e. The fraction of sp³-hybridized carbons (Fsp3) is 0.385. The van der Waals surface area contributed by atoms with E-state index in [0.29, 0.717) is 17.3 Å². The van der Waals surface area contributed by atoms with Crippen LogP contribution in [0.2, 0.25) is 0 Å². The highest BCUT2D eigenvalue weighted by Gasteiger charge is 2.13. The molecule has 1 heterocycles. The van der Waals surface area contributed by atoms with E-state index in [0.717, 1.165) is 11.3 Å². The molecule has 7 nitrogen and oxygen atoms in total. The van der Waals surface area contributed by atoms with Gasteiger partial charge in [-0.3, -0.25) is 0 Å². The molecule has 8 heteroatoms. The Labute approximate surface area is 126 Å². The summed E-state index contributed by atoms with van der Waals surface area (Å²) in [6.07, 6.45) is -0.386. The van der Waals surface area contributed by atoms with Gasteiger partial charge in [-0.2, -0.15) is 5.26 Å². The number of hydrogen-bond acceptors (Lipinski definition) is 7. The summed E-state index contributed by atoms with van der Waals surface area (Å²) in [6.45, 7) is 0.426. The first kappa shape index (κ1) is 15.4. The Bertz CT molecular complexity index is 604. The number of nitrogens with zero attached hydrogens (tertiary/aromatic N) is 5. The first-order chi connectivity index (χ1) is 10.3. The highest BCUT2D eigenvalue weighted by atomic mass is 32.2. The molecule has 0 unspecified atom stereocenters. The van der Waals surface area contributed by atoms with E-state index in [-0.39, 0.29) is 6.29 Å². The summed E-state index contributed by atoms with van der Waals surface area (Å²) >= 11 is 1.52. The van der Waals surface area contributed by atoms with Crippen molar-refractivity contribution in [1.82, 2.24) is 20.2 Å². The molecule has 1 aromatic heterocycles. The van der Waals surface area contributed by atoms with E-state index in [9.17, 15) is 0 Å². The van der Waals surface area contributed by atoms with Gasteiger partial charge in [-0.15, -0.1) is 5.10 Å². The van der Waals surface area contributed by atoms with Gasteiger partial charge in [0.25, 0.3) is 0 Å². The third-order valence-electron chi connectivity index (χ3n) is 2.80. The number of thioether (sulfide) groups is 1. The van der Waals surface area contributed by atoms with Crippen molar-refractivity contribution in [3.63, 3.8) is 0 Å². The average molecular weight is 305 g/mol. The second-order valence-corrected chi connectivity index (χ2v) is 5.08. The van der Waals surface area contributed by atoms with Crippen molar-refractivity contribution in [3.05, 3.63) is 35.4 Å². The number of nitriles is 1. The van der Waals surface area contributed by atoms with E-state index in [4.69, 9.17) is 14.7 Å². The molecular formula is C13H15N5O2S. The van der Waals surface area contributed by atoms with E-state index < -0.39 is 0 Å². The lowest BCUT2D eigenvalue weighted by Crippen LogP contribution is -2.21. The van der Waals surface area contributed by atoms with Crippen LogP contribution in [0.15, 0.2) is 29.4 Å². The van der Waals surface area contributed by atoms with Gasteiger partial charge in [0.05, 0.1) is 18.2 Å². The van der Waals surface area contributed by atoms with Crippen LogP contribution in [0, 0.1) is 11.3 Å². The molecule has 0 radical (unpaired) electrons. The van der Waals surface area contributed by atoms with Crippen LogP contribution in [0.3, 0.4) is 0 Å². The Kier molecular flexibility index (Phi) is 5.68. The monoisotopic (exact) mass is 305 g/mol. The molecule has 0 bridgehead atoms. The molecule has 21 heavy (non-hydrogen) atoms. The van der Waals surface area contributed by atoms with Crippen LogP contribution in [0.25, 0.3) is 0 Å². The molecule has 0 saturated heterocycles. The second kappa shape index (κ2) is 7.73. The second-order valence-electron chi connectivity index (χ2n) is 4.14. The van der Waals surface area contributed by atoms with E-state index in [2.05, 4.69) is 21.6 Å². The van der Waals surface area contributed by atoms with Gasteiger partial charge in [-0.1, -0.05) is 23.9 Å². The molecule has 0 aliphatic heterocycles. The van der Waals surface area contributed by atoms with Crippen LogP contribution in [-0.2, 0) is 21.8 Å². The van der Waals surface area contributed by atoms with Crippen molar-refractivity contribution < 1.29 is 9.47 Å². The number of ether oxygens (including phenoxy) is 2. The predicted molar refractivity (Wildman–Crippen MR) is 76.3 cm³/mol. The van der Waals surface area contributed by atoms with E-state index in [1.807, 2.05) is 12.1 Å². The number of benzene rings is 1. The van der Waals surface area contributed by atoms with Crippen molar-refractivity contribution in [2.24, 2.45) is 0 Å². The van der Waals surface area contributed by atoms with Gasteiger partial charge in [-0.25, -0.2) is 4.68 Å². The molecule has 2 rings (SSSR count). The van der Waals surface area contributed by atoms with Crippen LogP contribution >= 0.6 is 11.8 Å². The minimum atomic E-state index is -0.386. The molecule has 2 aromatic rings. The van der Waals surface area contributed by atoms with Gasteiger partial charge < -0.3 is 9.47 Å². The zero-order valence-electron chi connectivity index (χ0n) is 11.8. The number of methoxy groups -OCH3 is 2. The maximum Gasteiger partial charge on any atom is 0.209 e. The lowest BCUT2D eigenvalue weighted by Gasteiger charge is -2.13. The number of aromatic nitrogens is 4. The molecule has 0 aliphatic rings. The lowest BCUT2D eigenvalue weighted by molar-refractivity contribution is -0.113. The predicted octanol–water partition coefficient (Wildman–Crippen LogP) is 1.46. The SMILES string of the molecule is COC(Cn1nnnc1SCc1ccc(C#N)cc1)OC. The number of tetrazole rings is 1. The third-order valence-corrected chi connectivity index (χ3v) is 3.83. The van der Waals surface area contributed by atoms with Crippen molar-refractivity contribution >= 4 is 11.8 Å². The summed E-state index contributed by atoms with van der Waals surface area (Å²) < 4.78 is 11.9. The summed E-state index contributed by atoms with van der Waals surface area (Å²) in [5.41, 5.74) is 1.75. The van der Waals surface area contributed by atoms with Gasteiger partial charge in [-0.05, 0) is 28.1 Å². The van der Waals surface area contributed by atoms with Crippen LogP contribution in [0.5, 0.6) is 0 Å². The van der Waals surface area contributed by atoms with Crippen molar-refractivity contribution in [2.45, 2.75) is 23.7 Å². The van der Waals surface area contributed by atoms with E-state index in [1.54, 1.807) is 31.0 Å². The van der Waals surface area contributed by atoms with Crippen LogP contribution in [0.1, 0.15) is 11.1 Å². The Morgan fingerprint density at radius 2 is 2.00 bits per heavy atom. The van der Waals surface area contributed by atoms with Crippen molar-refractivity contribution in [3.8, 4) is 6.07 Å². The molecule has 0 saturated carbocycles. The topological polar surface area (TPSA) is 85.9 Å². The lowest BCUT2D eigenvalue weighted by atomic mass is 10.2. The zero-order chi connectivity index (χ0) is 15.1. The summed E-state index contributed by atoms with van der Waals surface area (Å²) in [7, 11) is 3.14. The van der Waals surface area contributed by atoms with E-state index in [1.165, 1.54) is 11.8 Å². The maximum absolute atomic E-state index is 8.77. The molecule has 110 valence electrons. The maximum atomic E-state index is 8.77. The Morgan fingerprint density at radius 3 is 2.62 bits per heavy atom. The normalized spacial score (nSPS) is 10.8. The summed E-state index contributed by atoms with van der Waals surface area (Å²) in [4.78, 5) is 0. The zero-order valence-corrected chi connectivity index (χ0v) is 12.6. The highest BCUT2D eigenvalue weighted by molar-refractivity contribution is 7.98. The van der Waals surface area contributed by atoms with Crippen LogP contribution in [-0.4, -0.2) is 40.7 Å². The van der Waals surface area contributed by atoms with Crippen LogP contribution in [0.4, 0.5) is 0 Å². The molecular weight excluding hydrogens is 290 g/mol. The summed E-state index contributed by atoms with van der Waals surface area (Å²) in [6, 6.07) is 9.54. The molecule has 0 amide bonds. The standard InChI is InChI=1S/C13H15N5O2S/c1-19-12(20-2)8-18-13(15-16-17-18)21-9-11-5-3-10(7-14)4-6-11/h3-6,12H,8-9H2,1-2H3. The fourth-order valence-electron chi connectivity index (χ4n) is 1.62. The van der Waals surface area contributed by atoms with E-state index >= 15 is 0 Å². The largest absolute Gasteiger partial charge is 0.354 e. The van der Waals surface area contributed by atoms with Crippen molar-refractivity contribution in [2.75, 3.05) is 14.2 Å². The number of hydrogen-bond donors (Lipinski definition) is 0. The smallest absolute Gasteiger partial charge is 0.209 e. The summed E-state index contributed by atoms with van der Waals surface area (Å²) in [5.74, 6) is 0.719. The van der Waals surface area contributed by atoms with Gasteiger partial charge in [0.15, 0.2) is 6.29 Å². The van der Waals surface area contributed by atoms with Gasteiger partial charge >= 0.3 is 0 Å². The van der Waals surface area contributed by atoms with Crippen molar-refractivity contribution in [1.29, 1.82) is 5.26 Å². The molecule has 0 fully saturated rings. The molecule has 0 N–H and O–H groups in total. The fourth-order valence-corrected chi connectivity index (χ4v) is 2.47. The Balaban J connectivity index is 1.97. The molecule has 0 atom stereocenters. The van der Waals surface area contributed by atoms with Gasteiger partial charge in [0.1, 0.15) is 0 Å². The number of rotatable bonds is 7. The third kappa shape index (κ3) is 4.26. The molecule has 1 aromatic carbocycles. The van der Waals surface area contributed by atoms with Gasteiger partial charge in [0, 0.05) is 20.0 Å². The van der Waals surface area contributed by atoms with Crippen LogP contribution < -0.4 is 0 Å². The minimum absolute atomic E-state index is 0.386. The quantitative estimate of drug-likeness (QED) is 0.565. The first-order valence-corrected chi connectivity index (χ1v) is 7.19. The van der Waals surface area contributed by atoms with Gasteiger partial charge in [0.2, 0.25) is 5.16 Å². The molecule has 0 aliphatic carbocycles. The Hall–Kier alpha value is -1.95. The Morgan fingerprint density at radius 1 is 1.29 bits per heavy atom.